The molecule has 5 rings (SSSR count). The molecule has 3 aromatic carbocycles. The van der Waals surface area contributed by atoms with Crippen LogP contribution >= 0.6 is 11.8 Å². The zero-order valence-corrected chi connectivity index (χ0v) is 22.3. The van der Waals surface area contributed by atoms with E-state index in [9.17, 15) is 19.3 Å². The zero-order chi connectivity index (χ0) is 27.7. The van der Waals surface area contributed by atoms with Crippen molar-refractivity contribution in [1.29, 1.82) is 0 Å². The Labute approximate surface area is 228 Å². The highest BCUT2D eigenvalue weighted by Crippen LogP contribution is 2.37. The fourth-order valence-corrected chi connectivity index (χ4v) is 5.29. The van der Waals surface area contributed by atoms with E-state index in [4.69, 9.17) is 0 Å². The summed E-state index contributed by atoms with van der Waals surface area (Å²) >= 11 is 1.27. The molecule has 11 heteroatoms. The van der Waals surface area contributed by atoms with E-state index in [1.165, 1.54) is 30.0 Å². The number of benzene rings is 3. The van der Waals surface area contributed by atoms with E-state index in [-0.39, 0.29) is 17.4 Å². The summed E-state index contributed by atoms with van der Waals surface area (Å²) in [6.07, 6.45) is 0. The van der Waals surface area contributed by atoms with Gasteiger partial charge in [-0.05, 0) is 61.7 Å². The Morgan fingerprint density at radius 1 is 1.13 bits per heavy atom. The molecule has 0 saturated carbocycles. The van der Waals surface area contributed by atoms with Gasteiger partial charge in [-0.1, -0.05) is 47.7 Å². The minimum atomic E-state index is -0.705. The Hall–Kier alpha value is -4.51. The van der Waals surface area contributed by atoms with Crippen LogP contribution in [-0.2, 0) is 10.5 Å². The van der Waals surface area contributed by atoms with Crippen LogP contribution in [0.2, 0.25) is 0 Å². The van der Waals surface area contributed by atoms with Gasteiger partial charge >= 0.3 is 0 Å². The normalized spacial score (nSPS) is 14.5. The van der Waals surface area contributed by atoms with Gasteiger partial charge in [0.05, 0.1) is 10.5 Å². The van der Waals surface area contributed by atoms with Gasteiger partial charge in [0.2, 0.25) is 11.1 Å². The maximum absolute atomic E-state index is 14.1. The van der Waals surface area contributed by atoms with Crippen molar-refractivity contribution in [3.63, 3.8) is 0 Å². The number of thioether (sulfide) groups is 1. The fourth-order valence-electron chi connectivity index (χ4n) is 4.47. The molecular formula is C28H25FN6O3S. The van der Waals surface area contributed by atoms with E-state index in [2.05, 4.69) is 20.7 Å². The standard InChI is InChI=1S/C28H25FN6O3S/c1-16-8-13-23(17(2)14-16)31-26(36)24-18(3)30-27-32-28(39-15-20-6-4-5-7-22(20)29)33-34(27)25(24)19-9-11-21(12-10-19)35(37)38/h4-14,25H,15H2,1-3H3,(H,31,36)(H,30,32,33). The summed E-state index contributed by atoms with van der Waals surface area (Å²) in [6, 6.07) is 17.6. The quantitative estimate of drug-likeness (QED) is 0.163. The summed E-state index contributed by atoms with van der Waals surface area (Å²) < 4.78 is 15.7. The van der Waals surface area contributed by atoms with Crippen molar-refractivity contribution in [1.82, 2.24) is 14.8 Å². The second-order valence-electron chi connectivity index (χ2n) is 9.23. The van der Waals surface area contributed by atoms with Gasteiger partial charge in [0.15, 0.2) is 0 Å². The molecular weight excluding hydrogens is 519 g/mol. The van der Waals surface area contributed by atoms with Crippen LogP contribution in [0.1, 0.15) is 35.2 Å². The summed E-state index contributed by atoms with van der Waals surface area (Å²) in [4.78, 5) is 29.1. The molecule has 0 aliphatic carbocycles. The molecule has 1 atom stereocenters. The van der Waals surface area contributed by atoms with Crippen molar-refractivity contribution in [2.75, 3.05) is 10.6 Å². The van der Waals surface area contributed by atoms with Crippen LogP contribution < -0.4 is 10.6 Å². The highest BCUT2D eigenvalue weighted by Gasteiger charge is 2.35. The molecule has 1 amide bonds. The van der Waals surface area contributed by atoms with Crippen molar-refractivity contribution < 1.29 is 14.1 Å². The lowest BCUT2D eigenvalue weighted by atomic mass is 9.94. The lowest BCUT2D eigenvalue weighted by molar-refractivity contribution is -0.384. The van der Waals surface area contributed by atoms with Crippen LogP contribution in [0, 0.1) is 29.8 Å². The largest absolute Gasteiger partial charge is 0.328 e. The first-order chi connectivity index (χ1) is 18.7. The predicted molar refractivity (Wildman–Crippen MR) is 148 cm³/mol. The number of fused-ring (bicyclic) bond motifs is 1. The van der Waals surface area contributed by atoms with Gasteiger partial charge in [-0.2, -0.15) is 4.98 Å². The van der Waals surface area contributed by atoms with Gasteiger partial charge in [0.1, 0.15) is 11.9 Å². The number of aromatic nitrogens is 3. The number of anilines is 2. The molecule has 0 spiro atoms. The van der Waals surface area contributed by atoms with Gasteiger partial charge in [-0.25, -0.2) is 9.07 Å². The second-order valence-corrected chi connectivity index (χ2v) is 10.2. The number of nitrogens with zero attached hydrogens (tertiary/aromatic N) is 4. The molecule has 1 aromatic heterocycles. The molecule has 0 radical (unpaired) electrons. The molecule has 39 heavy (non-hydrogen) atoms. The number of rotatable bonds is 7. The van der Waals surface area contributed by atoms with E-state index in [0.29, 0.717) is 44.9 Å². The molecule has 9 nitrogen and oxygen atoms in total. The van der Waals surface area contributed by atoms with Crippen molar-refractivity contribution >= 4 is 35.0 Å². The monoisotopic (exact) mass is 544 g/mol. The number of non-ortho nitro benzene ring substituents is 1. The smallest absolute Gasteiger partial charge is 0.269 e. The number of nitrogens with one attached hydrogen (secondary N) is 2. The number of amides is 1. The molecule has 1 aliphatic rings. The molecule has 198 valence electrons. The third-order valence-electron chi connectivity index (χ3n) is 6.44. The molecule has 0 fully saturated rings. The van der Waals surface area contributed by atoms with Crippen molar-refractivity contribution in [3.8, 4) is 0 Å². The van der Waals surface area contributed by atoms with E-state index < -0.39 is 11.0 Å². The van der Waals surface area contributed by atoms with E-state index in [1.54, 1.807) is 41.9 Å². The lowest BCUT2D eigenvalue weighted by Crippen LogP contribution is -2.31. The molecule has 4 aromatic rings. The highest BCUT2D eigenvalue weighted by atomic mass is 32.2. The van der Waals surface area contributed by atoms with Gasteiger partial charge in [0.25, 0.3) is 11.6 Å². The summed E-state index contributed by atoms with van der Waals surface area (Å²) in [5.74, 6) is 0.0933. The Morgan fingerprint density at radius 3 is 2.56 bits per heavy atom. The Balaban J connectivity index is 1.51. The van der Waals surface area contributed by atoms with Crippen LogP contribution in [0.25, 0.3) is 0 Å². The SMILES string of the molecule is CC1=C(C(=O)Nc2ccc(C)cc2C)C(c2ccc([N+](=O)[O-])cc2)n2nc(SCc3ccccc3F)nc2N1. The molecule has 0 bridgehead atoms. The highest BCUT2D eigenvalue weighted by molar-refractivity contribution is 7.98. The first-order valence-electron chi connectivity index (χ1n) is 12.1. The van der Waals surface area contributed by atoms with E-state index in [0.717, 1.165) is 11.1 Å². The number of carbonyl (C=O) groups is 1. The minimum Gasteiger partial charge on any atom is -0.328 e. The van der Waals surface area contributed by atoms with Crippen molar-refractivity contribution in [2.45, 2.75) is 37.7 Å². The number of allylic oxidation sites excluding steroid dienone is 1. The average Bonchev–Trinajstić information content (AvgIpc) is 3.31. The van der Waals surface area contributed by atoms with Crippen LogP contribution in [0.5, 0.6) is 0 Å². The first kappa shape index (κ1) is 26.1. The molecule has 1 unspecified atom stereocenters. The third kappa shape index (κ3) is 5.39. The number of aryl methyl sites for hydroxylation is 2. The number of carbonyl (C=O) groups excluding carboxylic acids is 1. The number of halogens is 1. The maximum Gasteiger partial charge on any atom is 0.269 e. The lowest BCUT2D eigenvalue weighted by Gasteiger charge is -2.28. The third-order valence-corrected chi connectivity index (χ3v) is 7.33. The first-order valence-corrected chi connectivity index (χ1v) is 13.1. The number of hydrogen-bond acceptors (Lipinski definition) is 7. The number of nitro groups is 1. The van der Waals surface area contributed by atoms with Gasteiger partial charge in [-0.3, -0.25) is 14.9 Å². The molecule has 2 heterocycles. The number of hydrogen-bond donors (Lipinski definition) is 2. The van der Waals surface area contributed by atoms with Gasteiger partial charge in [0, 0.05) is 29.3 Å². The molecule has 1 aliphatic heterocycles. The number of nitro benzene ring substituents is 1. The topological polar surface area (TPSA) is 115 Å². The maximum atomic E-state index is 14.1. The van der Waals surface area contributed by atoms with Crippen molar-refractivity contribution in [3.05, 3.63) is 116 Å². The van der Waals surface area contributed by atoms with Crippen LogP contribution in [-0.4, -0.2) is 25.6 Å². The van der Waals surface area contributed by atoms with Crippen LogP contribution in [0.4, 0.5) is 21.7 Å². The van der Waals surface area contributed by atoms with E-state index in [1.807, 2.05) is 32.0 Å². The Kier molecular flexibility index (Phi) is 7.16. The second kappa shape index (κ2) is 10.7. The summed E-state index contributed by atoms with van der Waals surface area (Å²) in [6.45, 7) is 5.68. The summed E-state index contributed by atoms with van der Waals surface area (Å²) in [5.41, 5.74) is 4.75. The zero-order valence-electron chi connectivity index (χ0n) is 21.4. The fraction of sp³-hybridized carbons (Fsp3) is 0.179. The van der Waals surface area contributed by atoms with Crippen LogP contribution in [0.15, 0.2) is 83.2 Å². The van der Waals surface area contributed by atoms with E-state index >= 15 is 0 Å². The average molecular weight is 545 g/mol. The minimum absolute atomic E-state index is 0.0605. The predicted octanol–water partition coefficient (Wildman–Crippen LogP) is 6.16. The van der Waals surface area contributed by atoms with Gasteiger partial charge < -0.3 is 10.6 Å². The van der Waals surface area contributed by atoms with Gasteiger partial charge in [-0.15, -0.1) is 5.10 Å². The summed E-state index contributed by atoms with van der Waals surface area (Å²) in [5, 5.41) is 22.5. The molecule has 2 N–H and O–H groups in total. The Morgan fingerprint density at radius 2 is 1.87 bits per heavy atom. The summed E-state index contributed by atoms with van der Waals surface area (Å²) in [7, 11) is 0. The van der Waals surface area contributed by atoms with Crippen LogP contribution in [0.3, 0.4) is 0 Å². The van der Waals surface area contributed by atoms with Crippen molar-refractivity contribution in [2.24, 2.45) is 0 Å². The molecule has 0 saturated heterocycles. The Bertz CT molecular complexity index is 1620.